The van der Waals surface area contributed by atoms with Crippen molar-refractivity contribution in [2.75, 3.05) is 28.3 Å². The van der Waals surface area contributed by atoms with Gasteiger partial charge in [-0.15, -0.1) is 0 Å². The standard InChI is InChI=1S/C58H83NO15/c1-14-44-58(65,32-40-24-18-15-19-25-40)49(61)36(4)46(60)34(2)31-56(8,66-12)50(74-55-48(43(59(10)11)30-35(3)68-55)72-53(63)41-26-20-16-21-27-41)37(5)47(38(6)52(62)70-44)71-45-33-57(9,67-13)51(39(7)69-45)73-54(64)42-28-22-17-23-29-42/h15-29,34-39,43-51,55,60-61,65H,14,30-33H2,1-13H3/t34-,35-,36+,37+,38-,39+,43+,44-,45?,46+,47+,48-,49-,50-,51+,55?,56+,57-,58-/m1/s1. The molecule has 0 aliphatic carbocycles. The van der Waals surface area contributed by atoms with Crippen molar-refractivity contribution in [3.05, 3.63) is 108 Å². The molecule has 410 valence electrons. The van der Waals surface area contributed by atoms with Gasteiger partial charge in [-0.25, -0.2) is 9.59 Å². The molecule has 16 nitrogen and oxygen atoms in total. The summed E-state index contributed by atoms with van der Waals surface area (Å²) < 4.78 is 59.2. The summed E-state index contributed by atoms with van der Waals surface area (Å²) in [6.45, 7) is 16.2. The third kappa shape index (κ3) is 13.2. The number of cyclic esters (lactones) is 1. The number of likely N-dealkylation sites (N-methyl/N-ethyl adjacent to an activating group) is 1. The zero-order valence-corrected chi connectivity index (χ0v) is 45.6. The van der Waals surface area contributed by atoms with E-state index in [1.165, 1.54) is 14.2 Å². The number of aliphatic hydroxyl groups is 3. The van der Waals surface area contributed by atoms with Gasteiger partial charge in [-0.1, -0.05) is 94.4 Å². The van der Waals surface area contributed by atoms with E-state index >= 15 is 4.79 Å². The summed E-state index contributed by atoms with van der Waals surface area (Å²) >= 11 is 0. The molecule has 0 bridgehead atoms. The third-order valence-corrected chi connectivity index (χ3v) is 16.1. The first kappa shape index (κ1) is 58.9. The Hall–Kier alpha value is -4.33. The summed E-state index contributed by atoms with van der Waals surface area (Å²) in [5.41, 5.74) is -3.16. The maximum Gasteiger partial charge on any atom is 0.338 e. The van der Waals surface area contributed by atoms with Crippen LogP contribution in [0.1, 0.15) is 114 Å². The molecule has 6 rings (SSSR count). The lowest BCUT2D eigenvalue weighted by molar-refractivity contribution is -0.319. The van der Waals surface area contributed by atoms with Gasteiger partial charge in [-0.05, 0) is 104 Å². The summed E-state index contributed by atoms with van der Waals surface area (Å²) in [5, 5.41) is 37.6. The molecular weight excluding hydrogens is 951 g/mol. The predicted octanol–water partition coefficient (Wildman–Crippen LogP) is 7.18. The minimum Gasteiger partial charge on any atom is -0.459 e. The summed E-state index contributed by atoms with van der Waals surface area (Å²) in [7, 11) is 6.86. The Labute approximate surface area is 438 Å². The van der Waals surface area contributed by atoms with Crippen LogP contribution in [-0.2, 0) is 53.8 Å². The number of ether oxygens (including phenoxy) is 9. The van der Waals surface area contributed by atoms with Gasteiger partial charge >= 0.3 is 17.9 Å². The number of hydrogen-bond acceptors (Lipinski definition) is 16. The van der Waals surface area contributed by atoms with Crippen molar-refractivity contribution in [2.45, 2.75) is 185 Å². The molecule has 0 radical (unpaired) electrons. The molecule has 19 atom stereocenters. The van der Waals surface area contributed by atoms with Crippen molar-refractivity contribution >= 4 is 17.9 Å². The Balaban J connectivity index is 1.47. The monoisotopic (exact) mass is 1030 g/mol. The maximum atomic E-state index is 15.1. The van der Waals surface area contributed by atoms with Crippen molar-refractivity contribution in [3.8, 4) is 0 Å². The first-order valence-corrected chi connectivity index (χ1v) is 26.2. The van der Waals surface area contributed by atoms with Crippen molar-refractivity contribution in [3.63, 3.8) is 0 Å². The number of nitrogens with zero attached hydrogens (tertiary/aromatic N) is 1. The lowest BCUT2D eigenvalue weighted by Gasteiger charge is -2.51. The Morgan fingerprint density at radius 3 is 1.80 bits per heavy atom. The Bertz CT molecular complexity index is 2260. The van der Waals surface area contributed by atoms with Crippen LogP contribution >= 0.6 is 0 Å². The summed E-state index contributed by atoms with van der Waals surface area (Å²) in [6.07, 6.45) is -10.8. The molecule has 3 aliphatic heterocycles. The largest absolute Gasteiger partial charge is 0.459 e. The molecule has 16 heteroatoms. The molecule has 3 N–H and O–H groups in total. The topological polar surface area (TPSA) is 198 Å². The van der Waals surface area contributed by atoms with Gasteiger partial charge in [0.05, 0.1) is 65.3 Å². The van der Waals surface area contributed by atoms with E-state index in [1.54, 1.807) is 76.2 Å². The minimum atomic E-state index is -2.06. The van der Waals surface area contributed by atoms with E-state index in [4.69, 9.17) is 42.6 Å². The second-order valence-corrected chi connectivity index (χ2v) is 21.8. The fraction of sp³-hybridized carbons (Fsp3) is 0.638. The minimum absolute atomic E-state index is 0.0473. The number of rotatable bonds is 14. The molecule has 74 heavy (non-hydrogen) atoms. The van der Waals surface area contributed by atoms with Gasteiger partial charge in [0.15, 0.2) is 24.8 Å². The van der Waals surface area contributed by atoms with E-state index in [0.717, 1.165) is 0 Å². The first-order valence-electron chi connectivity index (χ1n) is 26.2. The summed E-state index contributed by atoms with van der Waals surface area (Å²) in [5.74, 6) is -5.38. The van der Waals surface area contributed by atoms with Crippen LogP contribution in [0.2, 0.25) is 0 Å². The predicted molar refractivity (Wildman–Crippen MR) is 276 cm³/mol. The van der Waals surface area contributed by atoms with Crippen molar-refractivity contribution in [2.24, 2.45) is 23.7 Å². The number of carbonyl (C=O) groups is 3. The van der Waals surface area contributed by atoms with E-state index in [9.17, 15) is 24.9 Å². The molecule has 3 fully saturated rings. The quantitative estimate of drug-likeness (QED) is 0.108. The molecule has 3 saturated heterocycles. The van der Waals surface area contributed by atoms with Crippen molar-refractivity contribution in [1.82, 2.24) is 4.90 Å². The van der Waals surface area contributed by atoms with Crippen molar-refractivity contribution < 1.29 is 72.3 Å². The highest BCUT2D eigenvalue weighted by Gasteiger charge is 2.56. The van der Waals surface area contributed by atoms with Crippen LogP contribution in [0.3, 0.4) is 0 Å². The lowest BCUT2D eigenvalue weighted by Crippen LogP contribution is -2.63. The average molecular weight is 1030 g/mol. The molecular formula is C58H83NO15. The van der Waals surface area contributed by atoms with Gasteiger partial charge in [0.2, 0.25) is 0 Å². The van der Waals surface area contributed by atoms with E-state index in [-0.39, 0.29) is 37.8 Å². The van der Waals surface area contributed by atoms with Crippen LogP contribution in [0.4, 0.5) is 0 Å². The number of methoxy groups -OCH3 is 2. The Kier molecular flexibility index (Phi) is 20.1. The van der Waals surface area contributed by atoms with Gasteiger partial charge < -0.3 is 62.9 Å². The highest BCUT2D eigenvalue weighted by molar-refractivity contribution is 5.90. The fourth-order valence-corrected chi connectivity index (χ4v) is 11.6. The smallest absolute Gasteiger partial charge is 0.338 e. The normalized spacial score (nSPS) is 38.6. The van der Waals surface area contributed by atoms with Crippen LogP contribution < -0.4 is 0 Å². The van der Waals surface area contributed by atoms with E-state index in [0.29, 0.717) is 23.1 Å². The highest BCUT2D eigenvalue weighted by atomic mass is 16.7. The van der Waals surface area contributed by atoms with Crippen molar-refractivity contribution in [1.29, 1.82) is 0 Å². The molecule has 3 aliphatic rings. The zero-order chi connectivity index (χ0) is 54.3. The number of benzene rings is 3. The van der Waals surface area contributed by atoms with E-state index in [2.05, 4.69) is 0 Å². The molecule has 0 spiro atoms. The SMILES string of the molecule is CC[C@H]1OC(=O)[C@H](C)[C@@H](OC2C[C@@](C)(OC)[C@@H](OC(=O)c3ccccc3)[C@H](C)O2)[C@H](C)[C@@H](OC2O[C@H](C)C[C@H](N(C)C)[C@H]2OC(=O)c2ccccc2)[C@@](C)(OC)C[C@@H](C)[C@H](O)[C@H](C)[C@@H](O)[C@@]1(O)Cc1ccccc1. The Morgan fingerprint density at radius 1 is 0.716 bits per heavy atom. The number of hydrogen-bond donors (Lipinski definition) is 3. The average Bonchev–Trinajstić information content (AvgIpc) is 3.39. The van der Waals surface area contributed by atoms with Crippen LogP contribution in [0, 0.1) is 23.7 Å². The maximum absolute atomic E-state index is 15.1. The van der Waals surface area contributed by atoms with Gasteiger partial charge in [-0.2, -0.15) is 0 Å². The molecule has 0 amide bonds. The first-order chi connectivity index (χ1) is 35.0. The van der Waals surface area contributed by atoms with E-state index < -0.39 is 120 Å². The second-order valence-electron chi connectivity index (χ2n) is 21.8. The van der Waals surface area contributed by atoms with E-state index in [1.807, 2.05) is 96.1 Å². The van der Waals surface area contributed by atoms with Gasteiger partial charge in [0.1, 0.15) is 17.3 Å². The third-order valence-electron chi connectivity index (χ3n) is 16.1. The van der Waals surface area contributed by atoms with Crippen LogP contribution in [0.5, 0.6) is 0 Å². The molecule has 3 heterocycles. The fourth-order valence-electron chi connectivity index (χ4n) is 11.6. The summed E-state index contributed by atoms with van der Waals surface area (Å²) in [4.78, 5) is 44.5. The zero-order valence-electron chi connectivity index (χ0n) is 45.6. The van der Waals surface area contributed by atoms with Gasteiger partial charge in [-0.3, -0.25) is 4.79 Å². The second kappa shape index (κ2) is 25.2. The summed E-state index contributed by atoms with van der Waals surface area (Å²) in [6, 6.07) is 26.1. The number of carbonyl (C=O) groups excluding carboxylic acids is 3. The van der Waals surface area contributed by atoms with Gasteiger partial charge in [0, 0.05) is 38.9 Å². The molecule has 3 aromatic rings. The number of aliphatic hydroxyl groups excluding tert-OH is 2. The molecule has 0 saturated carbocycles. The number of esters is 3. The molecule has 2 unspecified atom stereocenters. The van der Waals surface area contributed by atoms with Gasteiger partial charge in [0.25, 0.3) is 0 Å². The van der Waals surface area contributed by atoms with Crippen LogP contribution in [-0.4, -0.2) is 157 Å². The Morgan fingerprint density at radius 2 is 1.26 bits per heavy atom. The van der Waals surface area contributed by atoms with Crippen LogP contribution in [0.25, 0.3) is 0 Å². The molecule has 0 aromatic heterocycles. The molecule has 3 aromatic carbocycles. The van der Waals surface area contributed by atoms with Crippen LogP contribution in [0.15, 0.2) is 91.0 Å². The highest BCUT2D eigenvalue weighted by Crippen LogP contribution is 2.44. The lowest BCUT2D eigenvalue weighted by atomic mass is 9.71.